The predicted molar refractivity (Wildman–Crippen MR) is 69.0 cm³/mol. The number of carboxylic acids is 2. The first-order valence-corrected chi connectivity index (χ1v) is 6.48. The van der Waals surface area contributed by atoms with E-state index in [0.717, 1.165) is 0 Å². The van der Waals surface area contributed by atoms with Gasteiger partial charge in [-0.15, -0.1) is 0 Å². The summed E-state index contributed by atoms with van der Waals surface area (Å²) < 4.78 is 13.6. The van der Waals surface area contributed by atoms with Crippen molar-refractivity contribution in [3.63, 3.8) is 0 Å². The first kappa shape index (κ1) is 20.8. The van der Waals surface area contributed by atoms with Crippen LogP contribution in [0.15, 0.2) is 0 Å². The van der Waals surface area contributed by atoms with Crippen molar-refractivity contribution >= 4 is 23.9 Å². The van der Waals surface area contributed by atoms with Crippen LogP contribution < -0.4 is 0 Å². The van der Waals surface area contributed by atoms with E-state index in [4.69, 9.17) is 20.1 Å². The summed E-state index contributed by atoms with van der Waals surface area (Å²) in [4.78, 5) is 45.1. The Balaban J connectivity index is 5.77. The molecule has 0 rings (SSSR count). The molecule has 0 fully saturated rings. The number of carbonyl (C=O) groups excluding carboxylic acids is 2. The van der Waals surface area contributed by atoms with Gasteiger partial charge in [0, 0.05) is 0 Å². The van der Waals surface area contributed by atoms with E-state index in [2.05, 4.69) is 9.47 Å². The topological polar surface area (TPSA) is 177 Å². The van der Waals surface area contributed by atoms with E-state index in [0.29, 0.717) is 6.42 Å². The zero-order valence-electron chi connectivity index (χ0n) is 12.3. The van der Waals surface area contributed by atoms with Crippen LogP contribution in [-0.4, -0.2) is 76.0 Å². The molecule has 4 N–H and O–H groups in total. The quantitative estimate of drug-likeness (QED) is 0.188. The van der Waals surface area contributed by atoms with Gasteiger partial charge in [0.25, 0.3) is 6.10 Å². The van der Waals surface area contributed by atoms with Gasteiger partial charge in [-0.05, 0) is 6.42 Å². The van der Waals surface area contributed by atoms with Crippen LogP contribution >= 0.6 is 0 Å². The molecule has 11 nitrogen and oxygen atoms in total. The minimum Gasteiger partial charge on any atom is -0.478 e. The molecule has 11 heteroatoms. The third kappa shape index (κ3) is 5.81. The maximum Gasteiger partial charge on any atom is 0.382 e. The van der Waals surface area contributed by atoms with Crippen LogP contribution in [0.5, 0.6) is 0 Å². The van der Waals surface area contributed by atoms with Gasteiger partial charge in [-0.25, -0.2) is 19.2 Å². The summed E-state index contributed by atoms with van der Waals surface area (Å²) in [5.41, 5.74) is 0. The molecular weight excluding hydrogens is 320 g/mol. The third-order valence-electron chi connectivity index (χ3n) is 2.45. The number of ether oxygens (including phenoxy) is 3. The minimum atomic E-state index is -3.20. The average Bonchev–Trinajstić information content (AvgIpc) is 2.50. The van der Waals surface area contributed by atoms with E-state index in [-0.39, 0.29) is 13.0 Å². The molecule has 0 aliphatic carbocycles. The maximum absolute atomic E-state index is 11.5. The van der Waals surface area contributed by atoms with Gasteiger partial charge in [0.2, 0.25) is 0 Å². The van der Waals surface area contributed by atoms with Gasteiger partial charge in [0.1, 0.15) is 13.2 Å². The van der Waals surface area contributed by atoms with Gasteiger partial charge in [-0.3, -0.25) is 0 Å². The van der Waals surface area contributed by atoms with Gasteiger partial charge in [-0.2, -0.15) is 0 Å². The van der Waals surface area contributed by atoms with Crippen LogP contribution in [0, 0.1) is 0 Å². The van der Waals surface area contributed by atoms with E-state index in [1.54, 1.807) is 6.92 Å². The molecule has 0 saturated heterocycles. The van der Waals surface area contributed by atoms with Crippen LogP contribution in [0.25, 0.3) is 0 Å². The van der Waals surface area contributed by atoms with E-state index in [1.165, 1.54) is 0 Å². The molecule has 0 saturated carbocycles. The lowest BCUT2D eigenvalue weighted by molar-refractivity contribution is -0.274. The Morgan fingerprint density at radius 1 is 1.04 bits per heavy atom. The average molecular weight is 338 g/mol. The van der Waals surface area contributed by atoms with Crippen LogP contribution in [0.3, 0.4) is 0 Å². The number of aliphatic hydroxyl groups excluding tert-OH is 2. The van der Waals surface area contributed by atoms with Crippen molar-refractivity contribution in [2.45, 2.75) is 31.7 Å². The molecule has 0 aromatic heterocycles. The second-order valence-electron chi connectivity index (χ2n) is 4.17. The fourth-order valence-electron chi connectivity index (χ4n) is 1.40. The summed E-state index contributed by atoms with van der Waals surface area (Å²) in [6.45, 7) is -1.09. The number of unbranched alkanes of at least 4 members (excludes halogenated alkanes) is 1. The van der Waals surface area contributed by atoms with E-state index in [9.17, 15) is 24.3 Å². The summed E-state index contributed by atoms with van der Waals surface area (Å²) >= 11 is 0. The van der Waals surface area contributed by atoms with Crippen LogP contribution in [0.1, 0.15) is 19.8 Å². The lowest BCUT2D eigenvalue weighted by atomic mass is 10.1. The Morgan fingerprint density at radius 2 is 1.61 bits per heavy atom. The van der Waals surface area contributed by atoms with E-state index < -0.39 is 49.0 Å². The number of hydrogen-bond donors (Lipinski definition) is 4. The molecule has 0 aromatic carbocycles. The van der Waals surface area contributed by atoms with Gasteiger partial charge in [0.05, 0.1) is 6.61 Å². The first-order chi connectivity index (χ1) is 10.7. The van der Waals surface area contributed by atoms with Crippen LogP contribution in [-0.2, 0) is 33.4 Å². The molecular formula is C12H18O11. The molecule has 0 spiro atoms. The number of aliphatic hydroxyl groups is 2. The van der Waals surface area contributed by atoms with Crippen molar-refractivity contribution in [2.24, 2.45) is 0 Å². The van der Waals surface area contributed by atoms with Gasteiger partial charge < -0.3 is 34.6 Å². The highest BCUT2D eigenvalue weighted by Crippen LogP contribution is 2.24. The molecule has 0 aliphatic heterocycles. The third-order valence-corrected chi connectivity index (χ3v) is 2.45. The van der Waals surface area contributed by atoms with E-state index >= 15 is 0 Å². The van der Waals surface area contributed by atoms with Crippen molar-refractivity contribution < 1.29 is 53.8 Å². The number of hydrogen-bond acceptors (Lipinski definition) is 9. The molecule has 2 unspecified atom stereocenters. The monoisotopic (exact) mass is 338 g/mol. The Morgan fingerprint density at radius 3 is 2.00 bits per heavy atom. The van der Waals surface area contributed by atoms with E-state index in [1.807, 2.05) is 0 Å². The molecule has 23 heavy (non-hydrogen) atoms. The fourth-order valence-corrected chi connectivity index (χ4v) is 1.40. The second-order valence-corrected chi connectivity index (χ2v) is 4.17. The Bertz CT molecular complexity index is 446. The highest BCUT2D eigenvalue weighted by atomic mass is 16.8. The maximum atomic E-state index is 11.5. The molecule has 0 heterocycles. The van der Waals surface area contributed by atoms with Gasteiger partial charge >= 0.3 is 29.7 Å². The van der Waals surface area contributed by atoms with Crippen molar-refractivity contribution in [3.8, 4) is 0 Å². The number of carboxylic acid groups (broad SMARTS) is 2. The van der Waals surface area contributed by atoms with Crippen LogP contribution in [0.2, 0.25) is 0 Å². The zero-order chi connectivity index (χ0) is 18.0. The highest BCUT2D eigenvalue weighted by molar-refractivity contribution is 5.90. The number of esters is 2. The molecule has 0 radical (unpaired) electrons. The molecule has 0 aliphatic rings. The predicted octanol–water partition coefficient (Wildman–Crippen LogP) is -1.89. The van der Waals surface area contributed by atoms with Crippen molar-refractivity contribution in [2.75, 3.05) is 19.8 Å². The smallest absolute Gasteiger partial charge is 0.382 e. The first-order valence-electron chi connectivity index (χ1n) is 6.48. The summed E-state index contributed by atoms with van der Waals surface area (Å²) in [7, 11) is 0. The molecule has 0 aromatic rings. The van der Waals surface area contributed by atoms with Gasteiger partial charge in [0.15, 0.2) is 0 Å². The number of carbonyl (C=O) groups is 4. The SMILES string of the molecule is CCCCOC(OC(=O)CO)(C(=O)O)C(OC(=O)CO)C(=O)O. The Labute approximate surface area is 130 Å². The molecule has 0 amide bonds. The second kappa shape index (κ2) is 9.71. The zero-order valence-corrected chi connectivity index (χ0v) is 12.3. The van der Waals surface area contributed by atoms with Gasteiger partial charge in [-0.1, -0.05) is 13.3 Å². The molecule has 2 atom stereocenters. The van der Waals surface area contributed by atoms with Crippen LogP contribution in [0.4, 0.5) is 0 Å². The lowest BCUT2D eigenvalue weighted by Gasteiger charge is -2.32. The minimum absolute atomic E-state index is 0.284. The largest absolute Gasteiger partial charge is 0.478 e. The van der Waals surface area contributed by atoms with Crippen molar-refractivity contribution in [3.05, 3.63) is 0 Å². The van der Waals surface area contributed by atoms with Crippen molar-refractivity contribution in [1.82, 2.24) is 0 Å². The summed E-state index contributed by atoms with van der Waals surface area (Å²) in [6.07, 6.45) is -1.77. The summed E-state index contributed by atoms with van der Waals surface area (Å²) in [6, 6.07) is 0. The number of aliphatic carboxylic acids is 2. The number of rotatable bonds is 11. The highest BCUT2D eigenvalue weighted by Gasteiger charge is 2.58. The Hall–Kier alpha value is -2.24. The molecule has 0 bridgehead atoms. The van der Waals surface area contributed by atoms with Crippen molar-refractivity contribution in [1.29, 1.82) is 0 Å². The summed E-state index contributed by atoms with van der Waals surface area (Å²) in [5, 5.41) is 35.6. The summed E-state index contributed by atoms with van der Waals surface area (Å²) in [5.74, 6) is -10.2. The Kier molecular flexibility index (Phi) is 8.77. The fraction of sp³-hybridized carbons (Fsp3) is 0.667. The standard InChI is InChI=1S/C12H18O11/c1-2-3-4-21-12(11(19)20,23-8(16)6-14)9(10(17)18)22-7(15)5-13/h9,13-14H,2-6H2,1H3,(H,17,18)(H,19,20). The molecule has 132 valence electrons. The normalized spacial score (nSPS) is 14.4. The lowest BCUT2D eigenvalue weighted by Crippen LogP contribution is -2.60.